The number of nitrogens with zero attached hydrogens (tertiary/aromatic N) is 3. The van der Waals surface area contributed by atoms with Crippen LogP contribution in [-0.4, -0.2) is 37.0 Å². The van der Waals surface area contributed by atoms with E-state index in [1.54, 1.807) is 23.9 Å². The Labute approximate surface area is 601 Å². The molecule has 0 unspecified atom stereocenters. The Morgan fingerprint density at radius 3 is 1.21 bits per heavy atom. The fourth-order valence-electron chi connectivity index (χ4n) is 12.9. The normalized spacial score (nSPS) is 12.7. The average Bonchev–Trinajstić information content (AvgIpc) is 1.20. The zero-order chi connectivity index (χ0) is 67.7. The third-order valence-electron chi connectivity index (χ3n) is 18.4. The fourth-order valence-corrected chi connectivity index (χ4v) is 14.3. The zero-order valence-electron chi connectivity index (χ0n) is 58.4. The summed E-state index contributed by atoms with van der Waals surface area (Å²) in [5.41, 5.74) is 21.9. The molecule has 9 aromatic carbocycles. The molecule has 0 spiro atoms. The monoisotopic (exact) mass is 1500 g/mol. The number of unbranched alkanes of at least 4 members (excludes halogenated alkanes) is 12. The van der Waals surface area contributed by atoms with Gasteiger partial charge >= 0.3 is 20.1 Å². The van der Waals surface area contributed by atoms with Crippen molar-refractivity contribution >= 4 is 39.0 Å². The van der Waals surface area contributed by atoms with Crippen LogP contribution in [0.4, 0.5) is 0 Å². The first-order valence-electron chi connectivity index (χ1n) is 36.0. The molecular formula is C88H98IrN3O5S. The van der Waals surface area contributed by atoms with E-state index in [9.17, 15) is 15.3 Å². The van der Waals surface area contributed by atoms with Crippen LogP contribution in [-0.2, 0) is 59.0 Å². The molecule has 11 aromatic rings. The summed E-state index contributed by atoms with van der Waals surface area (Å²) in [4.78, 5) is 14.4. The number of rotatable bonds is 30. The second kappa shape index (κ2) is 38.6. The van der Waals surface area contributed by atoms with Crippen LogP contribution in [0.3, 0.4) is 0 Å². The van der Waals surface area contributed by atoms with Crippen molar-refractivity contribution in [3.8, 4) is 73.2 Å². The van der Waals surface area contributed by atoms with Gasteiger partial charge in [0, 0.05) is 5.75 Å². The minimum absolute atomic E-state index is 0. The van der Waals surface area contributed by atoms with Gasteiger partial charge in [0.1, 0.15) is 22.9 Å². The zero-order valence-corrected chi connectivity index (χ0v) is 61.7. The summed E-state index contributed by atoms with van der Waals surface area (Å²) >= 11 is 1.70. The molecule has 1 aliphatic heterocycles. The summed E-state index contributed by atoms with van der Waals surface area (Å²) in [7, 11) is 0. The van der Waals surface area contributed by atoms with E-state index in [2.05, 4.69) is 168 Å². The van der Waals surface area contributed by atoms with E-state index < -0.39 is 0 Å². The van der Waals surface area contributed by atoms with Crippen molar-refractivity contribution in [2.24, 2.45) is 10.9 Å². The van der Waals surface area contributed by atoms with Gasteiger partial charge < -0.3 is 24.2 Å². The molecule has 0 saturated carbocycles. The van der Waals surface area contributed by atoms with Gasteiger partial charge in [0.25, 0.3) is 0 Å². The van der Waals surface area contributed by atoms with Crippen LogP contribution >= 0.6 is 11.8 Å². The van der Waals surface area contributed by atoms with Gasteiger partial charge in [-0.2, -0.15) is 0 Å². The molecule has 0 amide bonds. The molecule has 0 bridgehead atoms. The van der Waals surface area contributed by atoms with E-state index in [1.807, 2.05) is 60.7 Å². The molecule has 12 rings (SSSR count). The van der Waals surface area contributed by atoms with E-state index >= 15 is 0 Å². The predicted octanol–water partition coefficient (Wildman–Crippen LogP) is 23.0. The molecule has 2 N–H and O–H groups in total. The smallest absolute Gasteiger partial charge is 0.872 e. The topological polar surface area (TPSA) is 128 Å². The van der Waals surface area contributed by atoms with E-state index in [4.69, 9.17) is 18.8 Å². The number of aliphatic imine (C=N–C) groups is 1. The second-order valence-electron chi connectivity index (χ2n) is 26.3. The Kier molecular flexibility index (Phi) is 29.4. The van der Waals surface area contributed by atoms with Crippen LogP contribution in [0.25, 0.3) is 89.6 Å². The summed E-state index contributed by atoms with van der Waals surface area (Å²) in [5, 5.41) is 31.8. The van der Waals surface area contributed by atoms with E-state index in [1.165, 1.54) is 136 Å². The number of aliphatic hydroxyl groups is 2. The van der Waals surface area contributed by atoms with Gasteiger partial charge in [0.2, 0.25) is 0 Å². The molecule has 2 aromatic heterocycles. The van der Waals surface area contributed by atoms with Crippen LogP contribution in [0, 0.1) is 18.1 Å². The summed E-state index contributed by atoms with van der Waals surface area (Å²) in [5.74, 6) is 2.74. The molecule has 0 saturated heterocycles. The van der Waals surface area contributed by atoms with Crippen molar-refractivity contribution in [3.63, 3.8) is 0 Å². The minimum Gasteiger partial charge on any atom is -0.872 e. The Hall–Kier alpha value is -7.69. The number of aliphatic hydroxyl groups excluding tert-OH is 2. The number of thioether (sulfide) groups is 1. The van der Waals surface area contributed by atoms with Crippen LogP contribution in [0.15, 0.2) is 196 Å². The van der Waals surface area contributed by atoms with Crippen LogP contribution in [0.5, 0.6) is 5.75 Å². The summed E-state index contributed by atoms with van der Waals surface area (Å²) < 4.78 is 12.7. The van der Waals surface area contributed by atoms with Crippen molar-refractivity contribution in [1.29, 1.82) is 0 Å². The largest absolute Gasteiger partial charge is 3.00 e. The first-order valence-corrected chi connectivity index (χ1v) is 37.0. The summed E-state index contributed by atoms with van der Waals surface area (Å²) in [6, 6.07) is 69.7. The van der Waals surface area contributed by atoms with Gasteiger partial charge in [-0.15, -0.1) is 48.2 Å². The quantitative estimate of drug-likeness (QED) is 0.0337. The van der Waals surface area contributed by atoms with E-state index in [0.29, 0.717) is 34.9 Å². The molecule has 510 valence electrons. The third-order valence-corrected chi connectivity index (χ3v) is 19.5. The number of aryl methyl sites for hydroxylation is 4. The fraction of sp³-hybridized carbons (Fsp3) is 0.352. The Bertz CT molecular complexity index is 3990. The average molecular weight is 1500 g/mol. The van der Waals surface area contributed by atoms with Gasteiger partial charge in [-0.05, 0) is 132 Å². The maximum Gasteiger partial charge on any atom is 3.00 e. The van der Waals surface area contributed by atoms with Crippen molar-refractivity contribution < 1.29 is 44.3 Å². The molecule has 3 heterocycles. The minimum atomic E-state index is -0.0227. The molecule has 8 nitrogen and oxygen atoms in total. The number of hydrogen-bond acceptors (Lipinski definition) is 9. The predicted molar refractivity (Wildman–Crippen MR) is 405 cm³/mol. The van der Waals surface area contributed by atoms with Gasteiger partial charge in [-0.1, -0.05) is 302 Å². The molecule has 0 radical (unpaired) electrons. The van der Waals surface area contributed by atoms with Crippen molar-refractivity contribution in [2.75, 3.05) is 5.75 Å². The molecule has 0 aliphatic carbocycles. The molecular weight excluding hydrogens is 1400 g/mol. The van der Waals surface area contributed by atoms with Crippen LogP contribution < -0.4 is 5.11 Å². The number of fused-ring (bicyclic) bond motifs is 2. The summed E-state index contributed by atoms with van der Waals surface area (Å²) in [6.07, 6.45) is 24.4. The molecule has 0 fully saturated rings. The maximum atomic E-state index is 11.6. The van der Waals surface area contributed by atoms with E-state index in [0.717, 1.165) is 109 Å². The van der Waals surface area contributed by atoms with Crippen molar-refractivity contribution in [2.45, 2.75) is 189 Å². The second-order valence-corrected chi connectivity index (χ2v) is 27.4. The molecule has 1 atom stereocenters. The standard InChI is InChI=1S/2C38H42NO2.C12H15NOS.Ir/c2*1-3-5-7-10-15-28-23-29(16-11-8-6-4-2)25-32(24-28)37-33(31-17-12-9-13-18-31)19-14-20-34(37)38-39-35-26-30(27-40)21-22-36(35)41-38;1-8(2)10-7-15-12(13-10)9-5-3-4-6-11(9)14;/h2*9,12-14,17-19,21-26,40H,3-8,10-11,15-16,27H2,1-2H3;3-6,8,10,14H,7H2,1-2H3;/q2*-1;;+3/p-1/t;;10-;/m..1./s1. The SMILES string of the molecule is CC(C)[C@H]1CSC(c2ccccc2[O-])=N1.CCCCCCc1cc(CCCCCC)cc(-c2c(-c3nc4cc(CO)ccc4o3)[c-]ccc2-c2ccccc2)c1.CCCCCCc1cc(CCCCCC)cc(-c2c(-c3nc4cc(CO)ccc4o3)[c-]ccc2-c2ccccc2)c1.[Ir+3]. The molecule has 10 heteroatoms. The first-order chi connectivity index (χ1) is 47.6. The van der Waals surface area contributed by atoms with Crippen LogP contribution in [0.2, 0.25) is 0 Å². The Balaban J connectivity index is 0.000000188. The summed E-state index contributed by atoms with van der Waals surface area (Å²) in [6.45, 7) is 13.4. The Morgan fingerprint density at radius 2 is 0.847 bits per heavy atom. The van der Waals surface area contributed by atoms with Gasteiger partial charge in [0.15, 0.2) is 0 Å². The number of hydrogen-bond donors (Lipinski definition) is 2. The number of para-hydroxylation sites is 1. The van der Waals surface area contributed by atoms with E-state index in [-0.39, 0.29) is 39.1 Å². The van der Waals surface area contributed by atoms with Crippen molar-refractivity contribution in [3.05, 3.63) is 233 Å². The van der Waals surface area contributed by atoms with Crippen molar-refractivity contribution in [1.82, 2.24) is 9.97 Å². The van der Waals surface area contributed by atoms with Gasteiger partial charge in [0.05, 0.1) is 35.3 Å². The number of aromatic nitrogens is 2. The molecule has 98 heavy (non-hydrogen) atoms. The van der Waals surface area contributed by atoms with Crippen LogP contribution in [0.1, 0.15) is 183 Å². The number of oxazole rings is 2. The third kappa shape index (κ3) is 20.3. The molecule has 1 aliphatic rings. The maximum absolute atomic E-state index is 11.6. The van der Waals surface area contributed by atoms with Gasteiger partial charge in [-0.3, -0.25) is 15.0 Å². The van der Waals surface area contributed by atoms with Gasteiger partial charge in [-0.25, -0.2) is 0 Å². The number of benzene rings is 9. The Morgan fingerprint density at radius 1 is 0.449 bits per heavy atom. The first kappa shape index (κ1) is 74.5.